The number of alkyl halides is 3. The van der Waals surface area contributed by atoms with Crippen LogP contribution in [0.25, 0.3) is 0 Å². The SMILES string of the molecule is COC(=O)C(C)(N)CN1CCn2c(nnc2C(F)(F)F)C1. The van der Waals surface area contributed by atoms with E-state index in [2.05, 4.69) is 14.9 Å². The Hall–Kier alpha value is -1.68. The van der Waals surface area contributed by atoms with Crippen molar-refractivity contribution >= 4 is 5.97 Å². The van der Waals surface area contributed by atoms with Gasteiger partial charge in [0.05, 0.1) is 13.7 Å². The van der Waals surface area contributed by atoms with Gasteiger partial charge in [-0.15, -0.1) is 10.2 Å². The van der Waals surface area contributed by atoms with Gasteiger partial charge in [-0.1, -0.05) is 0 Å². The third kappa shape index (κ3) is 3.16. The lowest BCUT2D eigenvalue weighted by molar-refractivity contribution is -0.148. The van der Waals surface area contributed by atoms with Crippen LogP contribution in [0.15, 0.2) is 0 Å². The quantitative estimate of drug-likeness (QED) is 0.791. The number of aromatic nitrogens is 3. The van der Waals surface area contributed by atoms with Crippen LogP contribution in [0.4, 0.5) is 13.2 Å². The van der Waals surface area contributed by atoms with Crippen molar-refractivity contribution in [3.63, 3.8) is 0 Å². The van der Waals surface area contributed by atoms with Crippen molar-refractivity contribution in [2.75, 3.05) is 20.2 Å². The van der Waals surface area contributed by atoms with E-state index in [1.165, 1.54) is 14.0 Å². The molecule has 1 aromatic heterocycles. The molecule has 0 bridgehead atoms. The molecule has 2 heterocycles. The highest BCUT2D eigenvalue weighted by atomic mass is 19.4. The summed E-state index contributed by atoms with van der Waals surface area (Å²) >= 11 is 0. The molecule has 1 unspecified atom stereocenters. The number of halogens is 3. The van der Waals surface area contributed by atoms with Gasteiger partial charge in [-0.05, 0) is 6.92 Å². The standard InChI is InChI=1S/C11H16F3N5O2/c1-10(15,9(20)21-2)6-18-3-4-19-7(5-18)16-17-8(19)11(12,13)14/h3-6,15H2,1-2H3. The molecule has 1 atom stereocenters. The summed E-state index contributed by atoms with van der Waals surface area (Å²) in [5, 5.41) is 6.75. The van der Waals surface area contributed by atoms with E-state index in [0.717, 1.165) is 4.57 Å². The maximum atomic E-state index is 12.7. The second-order valence-corrected chi connectivity index (χ2v) is 5.21. The number of carbonyl (C=O) groups excluding carboxylic acids is 1. The Labute approximate surface area is 118 Å². The maximum Gasteiger partial charge on any atom is 0.451 e. The molecule has 0 radical (unpaired) electrons. The van der Waals surface area contributed by atoms with Crippen molar-refractivity contribution < 1.29 is 22.7 Å². The summed E-state index contributed by atoms with van der Waals surface area (Å²) in [7, 11) is 1.23. The van der Waals surface area contributed by atoms with Crippen molar-refractivity contribution in [2.24, 2.45) is 5.73 Å². The van der Waals surface area contributed by atoms with E-state index < -0.39 is 23.5 Å². The minimum Gasteiger partial charge on any atom is -0.468 e. The van der Waals surface area contributed by atoms with Crippen LogP contribution in [-0.2, 0) is 28.8 Å². The van der Waals surface area contributed by atoms with Crippen LogP contribution in [0.3, 0.4) is 0 Å². The second kappa shape index (κ2) is 5.26. The Kier molecular flexibility index (Phi) is 3.93. The minimum atomic E-state index is -4.53. The van der Waals surface area contributed by atoms with Gasteiger partial charge in [0, 0.05) is 19.6 Å². The minimum absolute atomic E-state index is 0.0917. The summed E-state index contributed by atoms with van der Waals surface area (Å²) in [4.78, 5) is 13.3. The third-order valence-corrected chi connectivity index (χ3v) is 3.29. The van der Waals surface area contributed by atoms with Gasteiger partial charge in [-0.3, -0.25) is 9.69 Å². The number of nitrogens with two attached hydrogens (primary N) is 1. The van der Waals surface area contributed by atoms with Crippen molar-refractivity contribution in [2.45, 2.75) is 31.7 Å². The summed E-state index contributed by atoms with van der Waals surface area (Å²) in [5.41, 5.74) is 4.62. The number of rotatable bonds is 3. The number of hydrogen-bond acceptors (Lipinski definition) is 6. The molecule has 0 aliphatic carbocycles. The predicted octanol–water partition coefficient (Wildman–Crippen LogP) is 0.00290. The summed E-state index contributed by atoms with van der Waals surface area (Å²) < 4.78 is 43.8. The zero-order valence-corrected chi connectivity index (χ0v) is 11.6. The third-order valence-electron chi connectivity index (χ3n) is 3.29. The first kappa shape index (κ1) is 15.7. The smallest absolute Gasteiger partial charge is 0.451 e. The van der Waals surface area contributed by atoms with Crippen molar-refractivity contribution in [1.29, 1.82) is 0 Å². The first-order valence-electron chi connectivity index (χ1n) is 6.24. The van der Waals surface area contributed by atoms with E-state index in [9.17, 15) is 18.0 Å². The van der Waals surface area contributed by atoms with Gasteiger partial charge in [-0.2, -0.15) is 13.2 Å². The predicted molar refractivity (Wildman–Crippen MR) is 64.9 cm³/mol. The fraction of sp³-hybridized carbons (Fsp3) is 0.727. The molecule has 0 saturated heterocycles. The largest absolute Gasteiger partial charge is 0.468 e. The number of hydrogen-bond donors (Lipinski definition) is 1. The number of nitrogens with zero attached hydrogens (tertiary/aromatic N) is 4. The van der Waals surface area contributed by atoms with Gasteiger partial charge >= 0.3 is 12.1 Å². The van der Waals surface area contributed by atoms with Crippen LogP contribution in [0.5, 0.6) is 0 Å². The van der Waals surface area contributed by atoms with Gasteiger partial charge in [0.15, 0.2) is 0 Å². The molecular formula is C11H16F3N5O2. The molecule has 0 aromatic carbocycles. The molecule has 0 saturated carbocycles. The van der Waals surface area contributed by atoms with Crippen LogP contribution in [0, 0.1) is 0 Å². The zero-order chi connectivity index (χ0) is 15.8. The van der Waals surface area contributed by atoms with E-state index in [1.54, 1.807) is 4.90 Å². The first-order valence-corrected chi connectivity index (χ1v) is 6.24. The normalized spacial score (nSPS) is 19.0. The fourth-order valence-corrected chi connectivity index (χ4v) is 2.31. The molecule has 10 heteroatoms. The van der Waals surface area contributed by atoms with Gasteiger partial charge in [0.1, 0.15) is 11.4 Å². The zero-order valence-electron chi connectivity index (χ0n) is 11.6. The lowest BCUT2D eigenvalue weighted by atomic mass is 10.0. The number of fused-ring (bicyclic) bond motifs is 1. The van der Waals surface area contributed by atoms with Gasteiger partial charge < -0.3 is 15.0 Å². The molecule has 0 spiro atoms. The summed E-state index contributed by atoms with van der Waals surface area (Å²) in [6, 6.07) is 0. The fourth-order valence-electron chi connectivity index (χ4n) is 2.31. The summed E-state index contributed by atoms with van der Waals surface area (Å²) in [6.45, 7) is 2.23. The highest BCUT2D eigenvalue weighted by Crippen LogP contribution is 2.29. The van der Waals surface area contributed by atoms with Gasteiger partial charge in [0.25, 0.3) is 0 Å². The number of carbonyl (C=O) groups is 1. The second-order valence-electron chi connectivity index (χ2n) is 5.21. The first-order chi connectivity index (χ1) is 9.65. The Morgan fingerprint density at radius 3 is 2.62 bits per heavy atom. The summed E-state index contributed by atoms with van der Waals surface area (Å²) in [5.74, 6) is -1.37. The molecule has 1 aromatic rings. The number of ether oxygens (including phenoxy) is 1. The number of esters is 1. The van der Waals surface area contributed by atoms with Crippen LogP contribution < -0.4 is 5.73 Å². The van der Waals surface area contributed by atoms with E-state index in [-0.39, 0.29) is 25.5 Å². The Morgan fingerprint density at radius 1 is 1.38 bits per heavy atom. The van der Waals surface area contributed by atoms with Gasteiger partial charge in [-0.25, -0.2) is 0 Å². The summed E-state index contributed by atoms with van der Waals surface area (Å²) in [6.07, 6.45) is -4.53. The van der Waals surface area contributed by atoms with E-state index in [1.807, 2.05) is 0 Å². The molecule has 21 heavy (non-hydrogen) atoms. The average molecular weight is 307 g/mol. The Bertz CT molecular complexity index is 540. The molecule has 7 nitrogen and oxygen atoms in total. The van der Waals surface area contributed by atoms with Gasteiger partial charge in [0.2, 0.25) is 5.82 Å². The van der Waals surface area contributed by atoms with Crippen LogP contribution >= 0.6 is 0 Å². The van der Waals surface area contributed by atoms with E-state index in [0.29, 0.717) is 6.54 Å². The van der Waals surface area contributed by atoms with Crippen LogP contribution in [0.2, 0.25) is 0 Å². The van der Waals surface area contributed by atoms with Crippen molar-refractivity contribution in [3.8, 4) is 0 Å². The molecule has 0 amide bonds. The lowest BCUT2D eigenvalue weighted by Crippen LogP contribution is -2.55. The molecule has 1 aliphatic heterocycles. The highest BCUT2D eigenvalue weighted by molar-refractivity contribution is 5.80. The molecule has 2 N–H and O–H groups in total. The van der Waals surface area contributed by atoms with E-state index in [4.69, 9.17) is 5.73 Å². The highest BCUT2D eigenvalue weighted by Gasteiger charge is 2.40. The Balaban J connectivity index is 2.11. The average Bonchev–Trinajstić information content (AvgIpc) is 2.80. The topological polar surface area (TPSA) is 86.3 Å². The molecule has 1 aliphatic rings. The number of methoxy groups -OCH3 is 1. The lowest BCUT2D eigenvalue weighted by Gasteiger charge is -2.33. The maximum absolute atomic E-state index is 12.7. The van der Waals surface area contributed by atoms with E-state index >= 15 is 0 Å². The molecule has 0 fully saturated rings. The van der Waals surface area contributed by atoms with Crippen LogP contribution in [-0.4, -0.2) is 51.4 Å². The Morgan fingerprint density at radius 2 is 2.05 bits per heavy atom. The monoisotopic (exact) mass is 307 g/mol. The van der Waals surface area contributed by atoms with Crippen LogP contribution in [0.1, 0.15) is 18.6 Å². The molecule has 2 rings (SSSR count). The van der Waals surface area contributed by atoms with Crippen molar-refractivity contribution in [1.82, 2.24) is 19.7 Å². The molecule has 118 valence electrons. The molecular weight excluding hydrogens is 291 g/mol. The van der Waals surface area contributed by atoms with Crippen molar-refractivity contribution in [3.05, 3.63) is 11.6 Å².